The second-order valence-corrected chi connectivity index (χ2v) is 9.41. The number of amides is 1. The number of rotatable bonds is 7. The average molecular weight is 411 g/mol. The molecule has 2 N–H and O–H groups in total. The molecule has 0 bridgehead atoms. The number of ether oxygens (including phenoxy) is 2. The lowest BCUT2D eigenvalue weighted by molar-refractivity contribution is 0.0654. The van der Waals surface area contributed by atoms with E-state index in [9.17, 15) is 13.2 Å². The third kappa shape index (κ3) is 3.80. The molecule has 2 heterocycles. The van der Waals surface area contributed by atoms with Crippen LogP contribution in [0.1, 0.15) is 39.9 Å². The van der Waals surface area contributed by atoms with E-state index in [4.69, 9.17) is 15.2 Å². The Morgan fingerprint density at radius 3 is 2.63 bits per heavy atom. The molecule has 1 aliphatic heterocycles. The third-order valence-electron chi connectivity index (χ3n) is 4.41. The minimum Gasteiger partial charge on any atom is -0.493 e. The Hall–Kier alpha value is -2.10. The predicted molar refractivity (Wildman–Crippen MR) is 104 cm³/mol. The van der Waals surface area contributed by atoms with Gasteiger partial charge in [-0.3, -0.25) is 4.79 Å². The summed E-state index contributed by atoms with van der Waals surface area (Å²) in [6, 6.07) is 6.23. The second-order valence-electron chi connectivity index (χ2n) is 6.31. The fraction of sp³-hybridized carbons (Fsp3) is 0.389. The van der Waals surface area contributed by atoms with Crippen molar-refractivity contribution < 1.29 is 22.7 Å². The molecule has 1 aromatic carbocycles. The summed E-state index contributed by atoms with van der Waals surface area (Å²) in [6.45, 7) is 2.27. The summed E-state index contributed by atoms with van der Waals surface area (Å²) in [5, 5.41) is 1.81. The lowest BCUT2D eigenvalue weighted by Gasteiger charge is -2.32. The van der Waals surface area contributed by atoms with Crippen molar-refractivity contribution in [1.29, 1.82) is 0 Å². The van der Waals surface area contributed by atoms with Gasteiger partial charge in [0.1, 0.15) is 16.0 Å². The van der Waals surface area contributed by atoms with Gasteiger partial charge in [-0.05, 0) is 36.1 Å². The lowest BCUT2D eigenvalue weighted by Crippen LogP contribution is -2.39. The fourth-order valence-electron chi connectivity index (χ4n) is 3.25. The first-order chi connectivity index (χ1) is 12.8. The highest BCUT2D eigenvalue weighted by atomic mass is 32.2. The van der Waals surface area contributed by atoms with Crippen molar-refractivity contribution in [1.82, 2.24) is 4.90 Å². The Morgan fingerprint density at radius 1 is 1.30 bits per heavy atom. The molecule has 9 heteroatoms. The zero-order valence-corrected chi connectivity index (χ0v) is 17.0. The molecule has 0 saturated carbocycles. The summed E-state index contributed by atoms with van der Waals surface area (Å²) in [5.41, 5.74) is 7.65. The molecule has 146 valence electrons. The monoisotopic (exact) mass is 410 g/mol. The van der Waals surface area contributed by atoms with E-state index in [0.717, 1.165) is 11.8 Å². The van der Waals surface area contributed by atoms with Gasteiger partial charge in [0.2, 0.25) is 0 Å². The molecule has 1 aliphatic rings. The quantitative estimate of drug-likeness (QED) is 0.752. The largest absolute Gasteiger partial charge is 0.493 e. The molecular weight excluding hydrogens is 388 g/mol. The number of fused-ring (bicyclic) bond motifs is 1. The highest BCUT2D eigenvalue weighted by Gasteiger charge is 2.41. The van der Waals surface area contributed by atoms with Crippen molar-refractivity contribution in [3.63, 3.8) is 0 Å². The lowest BCUT2D eigenvalue weighted by atomic mass is 10.1. The Morgan fingerprint density at radius 2 is 2.04 bits per heavy atom. The number of carbonyl (C=O) groups excluding carboxylic acids is 1. The first-order valence-corrected chi connectivity index (χ1v) is 11.3. The average Bonchev–Trinajstić information content (AvgIpc) is 3.17. The number of methoxy groups -OCH3 is 1. The van der Waals surface area contributed by atoms with Crippen LogP contribution in [0, 0.1) is 0 Å². The van der Waals surface area contributed by atoms with E-state index in [1.54, 1.807) is 24.3 Å². The van der Waals surface area contributed by atoms with Crippen LogP contribution in [0.3, 0.4) is 0 Å². The molecular formula is C18H22N2O5S2. The van der Waals surface area contributed by atoms with Crippen LogP contribution < -0.4 is 15.2 Å². The van der Waals surface area contributed by atoms with Crippen LogP contribution in [0.15, 0.2) is 29.6 Å². The van der Waals surface area contributed by atoms with Gasteiger partial charge in [0, 0.05) is 11.8 Å². The maximum absolute atomic E-state index is 12.9. The zero-order valence-electron chi connectivity index (χ0n) is 15.3. The van der Waals surface area contributed by atoms with Crippen LogP contribution in [0.2, 0.25) is 0 Å². The topological polar surface area (TPSA) is 98.9 Å². The van der Waals surface area contributed by atoms with E-state index < -0.39 is 22.0 Å². The van der Waals surface area contributed by atoms with Gasteiger partial charge in [0.15, 0.2) is 11.5 Å². The molecule has 0 aliphatic carbocycles. The molecule has 0 spiro atoms. The number of benzene rings is 1. The predicted octanol–water partition coefficient (Wildman–Crippen LogP) is 2.35. The number of nitrogens with zero attached hydrogens (tertiary/aromatic N) is 1. The van der Waals surface area contributed by atoms with Gasteiger partial charge >= 0.3 is 0 Å². The van der Waals surface area contributed by atoms with Gasteiger partial charge in [-0.1, -0.05) is 6.07 Å². The molecule has 7 nitrogen and oxygen atoms in total. The van der Waals surface area contributed by atoms with Gasteiger partial charge in [-0.2, -0.15) is 0 Å². The third-order valence-corrected chi connectivity index (χ3v) is 6.25. The number of nitrogens with two attached hydrogens (primary N) is 1. The van der Waals surface area contributed by atoms with Gasteiger partial charge in [0.05, 0.1) is 30.4 Å². The highest BCUT2D eigenvalue weighted by molar-refractivity contribution is 7.90. The van der Waals surface area contributed by atoms with Crippen LogP contribution >= 0.6 is 11.3 Å². The Balaban J connectivity index is 2.06. The van der Waals surface area contributed by atoms with E-state index in [-0.39, 0.29) is 11.7 Å². The van der Waals surface area contributed by atoms with Crippen LogP contribution in [-0.4, -0.2) is 45.0 Å². The smallest absolute Gasteiger partial charge is 0.266 e. The van der Waals surface area contributed by atoms with Crippen molar-refractivity contribution in [2.45, 2.75) is 19.1 Å². The second kappa shape index (κ2) is 7.49. The molecule has 0 fully saturated rings. The van der Waals surface area contributed by atoms with Crippen molar-refractivity contribution >= 4 is 27.1 Å². The number of hydrogen-bond acceptors (Lipinski definition) is 7. The summed E-state index contributed by atoms with van der Waals surface area (Å²) in [5.74, 6) is 0.537. The minimum absolute atomic E-state index is 0.237. The molecule has 2 unspecified atom stereocenters. The summed E-state index contributed by atoms with van der Waals surface area (Å²) in [4.78, 5) is 14.9. The van der Waals surface area contributed by atoms with E-state index in [1.807, 2.05) is 12.3 Å². The maximum Gasteiger partial charge on any atom is 0.266 e. The van der Waals surface area contributed by atoms with Crippen LogP contribution in [-0.2, 0) is 9.84 Å². The zero-order chi connectivity index (χ0) is 19.8. The molecule has 1 amide bonds. The van der Waals surface area contributed by atoms with Crippen molar-refractivity contribution in [2.75, 3.05) is 25.7 Å². The van der Waals surface area contributed by atoms with E-state index in [0.29, 0.717) is 28.5 Å². The number of thiophene rings is 1. The summed E-state index contributed by atoms with van der Waals surface area (Å²) in [7, 11) is -1.85. The van der Waals surface area contributed by atoms with Gasteiger partial charge < -0.3 is 20.1 Å². The molecule has 2 aromatic rings. The maximum atomic E-state index is 12.9. The number of hydrogen-bond donors (Lipinski definition) is 1. The highest BCUT2D eigenvalue weighted by Crippen LogP contribution is 2.41. The molecule has 27 heavy (non-hydrogen) atoms. The minimum atomic E-state index is -3.39. The summed E-state index contributed by atoms with van der Waals surface area (Å²) < 4.78 is 35.1. The molecule has 1 aromatic heterocycles. The molecule has 2 atom stereocenters. The van der Waals surface area contributed by atoms with E-state index in [1.165, 1.54) is 23.3 Å². The van der Waals surface area contributed by atoms with Crippen LogP contribution in [0.5, 0.6) is 11.5 Å². The first-order valence-electron chi connectivity index (χ1n) is 8.41. The van der Waals surface area contributed by atoms with Crippen molar-refractivity contribution in [3.8, 4) is 11.5 Å². The van der Waals surface area contributed by atoms with Crippen LogP contribution in [0.25, 0.3) is 0 Å². The Labute approximate surface area is 162 Å². The summed E-state index contributed by atoms with van der Waals surface area (Å²) >= 11 is 1.31. The fourth-order valence-corrected chi connectivity index (χ4v) is 5.06. The molecule has 0 saturated heterocycles. The normalized spacial score (nSPS) is 17.7. The standard InChI is InChI=1S/C18H22N2O5S2/c1-4-25-15-9-11(5-6-14(15)24-2)13(10-27(3,22)23)20-17(19)12-7-8-26-16(12)18(20)21/h5-9,13,17H,4,10,19H2,1-3H3. The van der Waals surface area contributed by atoms with Gasteiger partial charge in [-0.15, -0.1) is 11.3 Å². The number of carbonyl (C=O) groups is 1. The van der Waals surface area contributed by atoms with Crippen molar-refractivity contribution in [2.24, 2.45) is 5.73 Å². The summed E-state index contributed by atoms with van der Waals surface area (Å²) in [6.07, 6.45) is 0.456. The van der Waals surface area contributed by atoms with Crippen molar-refractivity contribution in [3.05, 3.63) is 45.6 Å². The molecule has 0 radical (unpaired) electrons. The van der Waals surface area contributed by atoms with Gasteiger partial charge in [0.25, 0.3) is 5.91 Å². The Kier molecular flexibility index (Phi) is 5.45. The van der Waals surface area contributed by atoms with Crippen LogP contribution in [0.4, 0.5) is 0 Å². The number of sulfone groups is 1. The van der Waals surface area contributed by atoms with E-state index >= 15 is 0 Å². The van der Waals surface area contributed by atoms with Gasteiger partial charge in [-0.25, -0.2) is 8.42 Å². The SMILES string of the molecule is CCOc1cc(C(CS(C)(=O)=O)N2C(=O)c3sccc3C2N)ccc1OC. The molecule has 3 rings (SSSR count). The Bertz CT molecular complexity index is 954. The van der Waals surface area contributed by atoms with E-state index in [2.05, 4.69) is 0 Å². The first kappa shape index (κ1) is 19.7.